The summed E-state index contributed by atoms with van der Waals surface area (Å²) in [4.78, 5) is 4.14. The zero-order valence-corrected chi connectivity index (χ0v) is 9.90. The van der Waals surface area contributed by atoms with E-state index in [1.165, 1.54) is 0 Å². The number of nitrogens with two attached hydrogens (primary N) is 2. The summed E-state index contributed by atoms with van der Waals surface area (Å²) in [6, 6.07) is 3.64. The first-order valence-electron chi connectivity index (χ1n) is 5.35. The molecule has 1 unspecified atom stereocenters. The van der Waals surface area contributed by atoms with Crippen molar-refractivity contribution >= 4 is 5.82 Å². The van der Waals surface area contributed by atoms with Crippen LogP contribution < -0.4 is 17.0 Å². The van der Waals surface area contributed by atoms with Gasteiger partial charge in [-0.15, -0.1) is 0 Å². The standard InChI is InChI=1S/C12H16N4O/c1-7-5-10(12(13)15-6-7)11(16-14)9-3-4-17-8(9)2/h3-6,11,16H,14H2,1-2H3,(H2,13,15). The van der Waals surface area contributed by atoms with Crippen LogP contribution in [0.2, 0.25) is 0 Å². The van der Waals surface area contributed by atoms with E-state index in [4.69, 9.17) is 16.0 Å². The molecule has 0 spiro atoms. The maximum atomic E-state index is 5.88. The van der Waals surface area contributed by atoms with Crippen LogP contribution in [0.1, 0.15) is 28.5 Å². The summed E-state index contributed by atoms with van der Waals surface area (Å²) < 4.78 is 5.28. The number of rotatable bonds is 3. The van der Waals surface area contributed by atoms with Crippen molar-refractivity contribution in [2.75, 3.05) is 5.73 Å². The van der Waals surface area contributed by atoms with Gasteiger partial charge in [-0.2, -0.15) is 0 Å². The van der Waals surface area contributed by atoms with Crippen molar-refractivity contribution in [2.24, 2.45) is 5.84 Å². The molecular weight excluding hydrogens is 216 g/mol. The molecule has 0 aliphatic carbocycles. The smallest absolute Gasteiger partial charge is 0.128 e. The van der Waals surface area contributed by atoms with E-state index in [0.29, 0.717) is 5.82 Å². The number of furan rings is 1. The van der Waals surface area contributed by atoms with E-state index in [1.807, 2.05) is 26.0 Å². The van der Waals surface area contributed by atoms with Crippen LogP contribution in [0, 0.1) is 13.8 Å². The minimum atomic E-state index is -0.207. The zero-order valence-electron chi connectivity index (χ0n) is 9.90. The summed E-state index contributed by atoms with van der Waals surface area (Å²) in [5.74, 6) is 6.89. The molecular formula is C12H16N4O. The molecule has 0 saturated heterocycles. The normalized spacial score (nSPS) is 12.6. The Kier molecular flexibility index (Phi) is 3.12. The van der Waals surface area contributed by atoms with E-state index in [2.05, 4.69) is 10.4 Å². The lowest BCUT2D eigenvalue weighted by molar-refractivity contribution is 0.520. The first-order chi connectivity index (χ1) is 8.13. The highest BCUT2D eigenvalue weighted by atomic mass is 16.3. The molecule has 0 aliphatic rings. The van der Waals surface area contributed by atoms with Gasteiger partial charge in [0.15, 0.2) is 0 Å². The molecule has 5 heteroatoms. The Morgan fingerprint density at radius 1 is 1.35 bits per heavy atom. The summed E-state index contributed by atoms with van der Waals surface area (Å²) in [5, 5.41) is 0. The average molecular weight is 232 g/mol. The minimum absolute atomic E-state index is 0.207. The van der Waals surface area contributed by atoms with Crippen LogP contribution in [-0.4, -0.2) is 4.98 Å². The van der Waals surface area contributed by atoms with Crippen molar-refractivity contribution in [2.45, 2.75) is 19.9 Å². The Morgan fingerprint density at radius 2 is 2.12 bits per heavy atom. The van der Waals surface area contributed by atoms with Crippen molar-refractivity contribution in [3.8, 4) is 0 Å². The molecule has 2 aromatic heterocycles. The van der Waals surface area contributed by atoms with Gasteiger partial charge in [0.25, 0.3) is 0 Å². The van der Waals surface area contributed by atoms with Gasteiger partial charge in [-0.3, -0.25) is 5.84 Å². The largest absolute Gasteiger partial charge is 0.469 e. The summed E-state index contributed by atoms with van der Waals surface area (Å²) in [5.41, 5.74) is 11.5. The SMILES string of the molecule is Cc1cnc(N)c(C(NN)c2ccoc2C)c1. The lowest BCUT2D eigenvalue weighted by Crippen LogP contribution is -2.29. The molecule has 0 aliphatic heterocycles. The van der Waals surface area contributed by atoms with Crippen LogP contribution in [-0.2, 0) is 0 Å². The molecule has 5 N–H and O–H groups in total. The van der Waals surface area contributed by atoms with Gasteiger partial charge in [0.05, 0.1) is 12.3 Å². The molecule has 17 heavy (non-hydrogen) atoms. The van der Waals surface area contributed by atoms with E-state index >= 15 is 0 Å². The fraction of sp³-hybridized carbons (Fsp3) is 0.250. The van der Waals surface area contributed by atoms with E-state index in [9.17, 15) is 0 Å². The van der Waals surface area contributed by atoms with Crippen LogP contribution in [0.3, 0.4) is 0 Å². The van der Waals surface area contributed by atoms with Crippen LogP contribution in [0.5, 0.6) is 0 Å². The van der Waals surface area contributed by atoms with Crippen LogP contribution in [0.15, 0.2) is 29.0 Å². The summed E-state index contributed by atoms with van der Waals surface area (Å²) in [7, 11) is 0. The quantitative estimate of drug-likeness (QED) is 0.550. The molecule has 0 radical (unpaired) electrons. The van der Waals surface area contributed by atoms with E-state index in [0.717, 1.165) is 22.5 Å². The number of pyridine rings is 1. The number of hydrazine groups is 1. The Balaban J connectivity index is 2.49. The fourth-order valence-corrected chi connectivity index (χ4v) is 1.87. The number of nitrogens with zero attached hydrogens (tertiary/aromatic N) is 1. The topological polar surface area (TPSA) is 90.1 Å². The molecule has 0 aromatic carbocycles. The van der Waals surface area contributed by atoms with Gasteiger partial charge in [0.2, 0.25) is 0 Å². The highest BCUT2D eigenvalue weighted by Crippen LogP contribution is 2.28. The number of aromatic nitrogens is 1. The van der Waals surface area contributed by atoms with Crippen molar-refractivity contribution in [3.05, 3.63) is 47.0 Å². The monoisotopic (exact) mass is 232 g/mol. The summed E-state index contributed by atoms with van der Waals surface area (Å²) in [6.07, 6.45) is 3.36. The van der Waals surface area contributed by atoms with Crippen LogP contribution in [0.25, 0.3) is 0 Å². The minimum Gasteiger partial charge on any atom is -0.469 e. The molecule has 1 atom stereocenters. The number of hydrogen-bond acceptors (Lipinski definition) is 5. The Labute approximate surface area is 99.8 Å². The third-order valence-electron chi connectivity index (χ3n) is 2.77. The van der Waals surface area contributed by atoms with Gasteiger partial charge >= 0.3 is 0 Å². The average Bonchev–Trinajstić information content (AvgIpc) is 2.71. The Hall–Kier alpha value is -1.85. The van der Waals surface area contributed by atoms with Crippen molar-refractivity contribution in [3.63, 3.8) is 0 Å². The molecule has 0 fully saturated rings. The zero-order chi connectivity index (χ0) is 12.4. The lowest BCUT2D eigenvalue weighted by Gasteiger charge is -2.17. The maximum absolute atomic E-state index is 5.88. The van der Waals surface area contributed by atoms with Gasteiger partial charge in [0.1, 0.15) is 11.6 Å². The Bertz CT molecular complexity index is 521. The molecule has 0 amide bonds. The third kappa shape index (κ3) is 2.15. The molecule has 2 aromatic rings. The molecule has 0 bridgehead atoms. The highest BCUT2D eigenvalue weighted by molar-refractivity contribution is 5.47. The highest BCUT2D eigenvalue weighted by Gasteiger charge is 2.19. The van der Waals surface area contributed by atoms with E-state index < -0.39 is 0 Å². The molecule has 90 valence electrons. The Morgan fingerprint density at radius 3 is 2.71 bits per heavy atom. The van der Waals surface area contributed by atoms with Crippen LogP contribution in [0.4, 0.5) is 5.82 Å². The number of hydrogen-bond donors (Lipinski definition) is 3. The lowest BCUT2D eigenvalue weighted by atomic mass is 9.99. The second-order valence-electron chi connectivity index (χ2n) is 4.02. The van der Waals surface area contributed by atoms with Crippen molar-refractivity contribution < 1.29 is 4.42 Å². The maximum Gasteiger partial charge on any atom is 0.128 e. The number of nitrogen functional groups attached to an aromatic ring is 1. The second kappa shape index (κ2) is 4.57. The summed E-state index contributed by atoms with van der Waals surface area (Å²) in [6.45, 7) is 3.85. The summed E-state index contributed by atoms with van der Waals surface area (Å²) >= 11 is 0. The second-order valence-corrected chi connectivity index (χ2v) is 4.02. The van der Waals surface area contributed by atoms with Crippen molar-refractivity contribution in [1.29, 1.82) is 0 Å². The van der Waals surface area contributed by atoms with E-state index in [1.54, 1.807) is 12.5 Å². The number of aryl methyl sites for hydroxylation is 2. The van der Waals surface area contributed by atoms with Crippen LogP contribution >= 0.6 is 0 Å². The first-order valence-corrected chi connectivity index (χ1v) is 5.35. The number of anilines is 1. The molecule has 2 heterocycles. The van der Waals surface area contributed by atoms with Crippen molar-refractivity contribution in [1.82, 2.24) is 10.4 Å². The van der Waals surface area contributed by atoms with Gasteiger partial charge in [-0.05, 0) is 31.5 Å². The predicted octanol–water partition coefficient (Wildman–Crippen LogP) is 1.43. The predicted molar refractivity (Wildman–Crippen MR) is 66.0 cm³/mol. The van der Waals surface area contributed by atoms with Gasteiger partial charge in [-0.1, -0.05) is 0 Å². The molecule has 0 saturated carbocycles. The number of nitrogens with one attached hydrogen (secondary N) is 1. The molecule has 5 nitrogen and oxygen atoms in total. The van der Waals surface area contributed by atoms with Gasteiger partial charge in [-0.25, -0.2) is 10.4 Å². The fourth-order valence-electron chi connectivity index (χ4n) is 1.87. The van der Waals surface area contributed by atoms with Gasteiger partial charge < -0.3 is 10.2 Å². The third-order valence-corrected chi connectivity index (χ3v) is 2.77. The van der Waals surface area contributed by atoms with Gasteiger partial charge in [0, 0.05) is 17.3 Å². The molecule has 2 rings (SSSR count). The first kappa shape index (κ1) is 11.6. The van der Waals surface area contributed by atoms with E-state index in [-0.39, 0.29) is 6.04 Å².